The minimum absolute atomic E-state index is 0.181. The highest BCUT2D eigenvalue weighted by molar-refractivity contribution is 6.30. The predicted octanol–water partition coefficient (Wildman–Crippen LogP) is 3.57. The van der Waals surface area contributed by atoms with Crippen LogP contribution in [0.2, 0.25) is 5.02 Å². The minimum Gasteiger partial charge on any atom is -0.378 e. The lowest BCUT2D eigenvalue weighted by molar-refractivity contribution is 0.0947. The smallest absolute Gasteiger partial charge is 0.126 e. The van der Waals surface area contributed by atoms with Crippen molar-refractivity contribution in [2.24, 2.45) is 0 Å². The van der Waals surface area contributed by atoms with E-state index in [1.165, 1.54) is 6.07 Å². The van der Waals surface area contributed by atoms with Crippen molar-refractivity contribution in [1.82, 2.24) is 5.32 Å². The Morgan fingerprint density at radius 1 is 1.53 bits per heavy atom. The number of ether oxygens (including phenoxy) is 1. The van der Waals surface area contributed by atoms with E-state index >= 15 is 0 Å². The topological polar surface area (TPSA) is 21.3 Å². The quantitative estimate of drug-likeness (QED) is 0.863. The first-order valence-corrected chi connectivity index (χ1v) is 7.35. The number of hydrogen-bond donors (Lipinski definition) is 1. The SMILES string of the molecule is CCNC(Cc1cc(Cl)ccc1F)CC1CCCO1. The average Bonchev–Trinajstić information content (AvgIpc) is 2.87. The van der Waals surface area contributed by atoms with E-state index in [1.54, 1.807) is 12.1 Å². The van der Waals surface area contributed by atoms with Crippen molar-refractivity contribution in [1.29, 1.82) is 0 Å². The molecule has 0 saturated carbocycles. The Bertz CT molecular complexity index is 407. The molecule has 106 valence electrons. The third-order valence-corrected chi connectivity index (χ3v) is 3.77. The van der Waals surface area contributed by atoms with Gasteiger partial charge in [-0.2, -0.15) is 0 Å². The summed E-state index contributed by atoms with van der Waals surface area (Å²) in [5.41, 5.74) is 0.677. The summed E-state index contributed by atoms with van der Waals surface area (Å²) in [5.74, 6) is -0.181. The monoisotopic (exact) mass is 285 g/mol. The summed E-state index contributed by atoms with van der Waals surface area (Å²) in [7, 11) is 0. The Kier molecular flexibility index (Phi) is 5.61. The number of benzene rings is 1. The van der Waals surface area contributed by atoms with Crippen LogP contribution < -0.4 is 5.32 Å². The van der Waals surface area contributed by atoms with Gasteiger partial charge in [0.05, 0.1) is 6.10 Å². The second-order valence-corrected chi connectivity index (χ2v) is 5.50. The van der Waals surface area contributed by atoms with Gasteiger partial charge in [-0.05, 0) is 56.0 Å². The van der Waals surface area contributed by atoms with Crippen LogP contribution in [0.15, 0.2) is 18.2 Å². The Morgan fingerprint density at radius 2 is 2.37 bits per heavy atom. The van der Waals surface area contributed by atoms with Crippen molar-refractivity contribution in [3.63, 3.8) is 0 Å². The summed E-state index contributed by atoms with van der Waals surface area (Å²) in [6.07, 6.45) is 4.14. The molecule has 1 aromatic rings. The molecule has 0 bridgehead atoms. The van der Waals surface area contributed by atoms with E-state index < -0.39 is 0 Å². The zero-order chi connectivity index (χ0) is 13.7. The van der Waals surface area contributed by atoms with Crippen LogP contribution in [-0.2, 0) is 11.2 Å². The first-order chi connectivity index (χ1) is 9.19. The number of hydrogen-bond acceptors (Lipinski definition) is 2. The average molecular weight is 286 g/mol. The molecule has 0 aliphatic carbocycles. The molecule has 4 heteroatoms. The van der Waals surface area contributed by atoms with Crippen LogP contribution in [0.4, 0.5) is 4.39 Å². The molecule has 0 aromatic heterocycles. The minimum atomic E-state index is -0.181. The molecule has 1 N–H and O–H groups in total. The fraction of sp³-hybridized carbons (Fsp3) is 0.600. The van der Waals surface area contributed by atoms with Gasteiger partial charge in [0.2, 0.25) is 0 Å². The van der Waals surface area contributed by atoms with E-state index in [9.17, 15) is 4.39 Å². The molecule has 2 unspecified atom stereocenters. The standard InChI is InChI=1S/C15H21ClFNO/c1-2-18-13(10-14-4-3-7-19-14)9-11-8-12(16)5-6-15(11)17/h5-6,8,13-14,18H,2-4,7,9-10H2,1H3. The van der Waals surface area contributed by atoms with E-state index in [4.69, 9.17) is 16.3 Å². The molecule has 2 rings (SSSR count). The van der Waals surface area contributed by atoms with Gasteiger partial charge in [-0.15, -0.1) is 0 Å². The third-order valence-electron chi connectivity index (χ3n) is 3.54. The van der Waals surface area contributed by atoms with E-state index in [-0.39, 0.29) is 11.9 Å². The molecule has 1 fully saturated rings. The maximum absolute atomic E-state index is 13.8. The molecule has 2 atom stereocenters. The lowest BCUT2D eigenvalue weighted by Crippen LogP contribution is -2.34. The predicted molar refractivity (Wildman–Crippen MR) is 76.2 cm³/mol. The lowest BCUT2D eigenvalue weighted by Gasteiger charge is -2.21. The van der Waals surface area contributed by atoms with Crippen molar-refractivity contribution in [2.45, 2.75) is 44.8 Å². The van der Waals surface area contributed by atoms with Crippen LogP contribution in [0, 0.1) is 5.82 Å². The van der Waals surface area contributed by atoms with Crippen LogP contribution in [0.25, 0.3) is 0 Å². The Hall–Kier alpha value is -0.640. The molecule has 2 nitrogen and oxygen atoms in total. The molecule has 0 amide bonds. The normalized spacial score (nSPS) is 20.7. The Morgan fingerprint density at radius 3 is 3.05 bits per heavy atom. The maximum atomic E-state index is 13.8. The Labute approximate surface area is 119 Å². The van der Waals surface area contributed by atoms with Gasteiger partial charge in [0.1, 0.15) is 5.82 Å². The van der Waals surface area contributed by atoms with Gasteiger partial charge in [-0.25, -0.2) is 4.39 Å². The van der Waals surface area contributed by atoms with Gasteiger partial charge >= 0.3 is 0 Å². The highest BCUT2D eigenvalue weighted by Crippen LogP contribution is 2.21. The largest absolute Gasteiger partial charge is 0.378 e. The molecule has 1 aliphatic rings. The van der Waals surface area contributed by atoms with Crippen LogP contribution in [0.1, 0.15) is 31.7 Å². The van der Waals surface area contributed by atoms with Crippen LogP contribution in [0.5, 0.6) is 0 Å². The molecule has 1 aromatic carbocycles. The highest BCUT2D eigenvalue weighted by Gasteiger charge is 2.21. The van der Waals surface area contributed by atoms with Crippen molar-refractivity contribution >= 4 is 11.6 Å². The molecular formula is C15H21ClFNO. The van der Waals surface area contributed by atoms with E-state index in [0.29, 0.717) is 23.1 Å². The van der Waals surface area contributed by atoms with Gasteiger partial charge in [0.25, 0.3) is 0 Å². The van der Waals surface area contributed by atoms with Gasteiger partial charge in [-0.1, -0.05) is 18.5 Å². The van der Waals surface area contributed by atoms with Gasteiger partial charge in [0, 0.05) is 17.7 Å². The summed E-state index contributed by atoms with van der Waals surface area (Å²) >= 11 is 5.94. The second-order valence-electron chi connectivity index (χ2n) is 5.07. The van der Waals surface area contributed by atoms with E-state index in [2.05, 4.69) is 12.2 Å². The van der Waals surface area contributed by atoms with Crippen LogP contribution in [-0.4, -0.2) is 25.3 Å². The maximum Gasteiger partial charge on any atom is 0.126 e. The summed E-state index contributed by atoms with van der Waals surface area (Å²) in [6, 6.07) is 4.98. The third kappa shape index (κ3) is 4.44. The molecule has 1 saturated heterocycles. The second kappa shape index (κ2) is 7.22. The zero-order valence-electron chi connectivity index (χ0n) is 11.3. The molecule has 0 spiro atoms. The van der Waals surface area contributed by atoms with Crippen molar-refractivity contribution in [2.75, 3.05) is 13.2 Å². The first kappa shape index (κ1) is 14.8. The number of nitrogens with one attached hydrogen (secondary N) is 1. The highest BCUT2D eigenvalue weighted by atomic mass is 35.5. The number of halogens is 2. The summed E-state index contributed by atoms with van der Waals surface area (Å²) < 4.78 is 19.4. The van der Waals surface area contributed by atoms with E-state index in [1.807, 2.05) is 0 Å². The van der Waals surface area contributed by atoms with Crippen molar-refractivity contribution < 1.29 is 9.13 Å². The van der Waals surface area contributed by atoms with Crippen molar-refractivity contribution in [3.05, 3.63) is 34.6 Å². The van der Waals surface area contributed by atoms with Crippen molar-refractivity contribution in [3.8, 4) is 0 Å². The summed E-state index contributed by atoms with van der Waals surface area (Å²) in [5, 5.41) is 4.00. The lowest BCUT2D eigenvalue weighted by atomic mass is 9.99. The fourth-order valence-electron chi connectivity index (χ4n) is 2.64. The Balaban J connectivity index is 2.00. The zero-order valence-corrected chi connectivity index (χ0v) is 12.0. The molecule has 1 aliphatic heterocycles. The summed E-state index contributed by atoms with van der Waals surface area (Å²) in [6.45, 7) is 3.80. The molecule has 0 radical (unpaired) electrons. The van der Waals surface area contributed by atoms with Gasteiger partial charge in [-0.3, -0.25) is 0 Å². The van der Waals surface area contributed by atoms with Crippen LogP contribution in [0.3, 0.4) is 0 Å². The molecule has 1 heterocycles. The van der Waals surface area contributed by atoms with Gasteiger partial charge in [0.15, 0.2) is 0 Å². The first-order valence-electron chi connectivity index (χ1n) is 6.98. The van der Waals surface area contributed by atoms with E-state index in [0.717, 1.165) is 32.4 Å². The van der Waals surface area contributed by atoms with Crippen LogP contribution >= 0.6 is 11.6 Å². The summed E-state index contributed by atoms with van der Waals surface area (Å²) in [4.78, 5) is 0. The molecular weight excluding hydrogens is 265 g/mol. The number of rotatable bonds is 6. The number of likely N-dealkylation sites (N-methyl/N-ethyl adjacent to an activating group) is 1. The van der Waals surface area contributed by atoms with Gasteiger partial charge < -0.3 is 10.1 Å². The molecule has 19 heavy (non-hydrogen) atoms. The fourth-order valence-corrected chi connectivity index (χ4v) is 2.83.